The minimum Gasteiger partial charge on any atom is -0.383 e. The SMILES string of the molecule is Cc1cc(C)c(-c2nn(C(C)C)c(N)c2C=O)c(C)c1. The number of carbonyl (C=O) groups is 1. The molecule has 2 aromatic rings. The molecule has 1 aromatic heterocycles. The molecule has 0 spiro atoms. The number of anilines is 1. The molecule has 0 unspecified atom stereocenters. The average Bonchev–Trinajstić information content (AvgIpc) is 2.65. The third-order valence-electron chi connectivity index (χ3n) is 3.51. The third kappa shape index (κ3) is 2.22. The maximum absolute atomic E-state index is 11.4. The second kappa shape index (κ2) is 5.12. The second-order valence-corrected chi connectivity index (χ2v) is 5.58. The highest BCUT2D eigenvalue weighted by atomic mass is 16.1. The van der Waals surface area contributed by atoms with Crippen LogP contribution in [-0.4, -0.2) is 16.1 Å². The molecule has 0 aliphatic rings. The van der Waals surface area contributed by atoms with E-state index >= 15 is 0 Å². The highest BCUT2D eigenvalue weighted by molar-refractivity contribution is 5.93. The summed E-state index contributed by atoms with van der Waals surface area (Å²) in [6, 6.07) is 4.32. The first-order chi connectivity index (χ1) is 9.36. The van der Waals surface area contributed by atoms with Crippen molar-refractivity contribution in [1.82, 2.24) is 9.78 Å². The number of nitrogen functional groups attached to an aromatic ring is 1. The van der Waals surface area contributed by atoms with Crippen LogP contribution in [0, 0.1) is 20.8 Å². The zero-order valence-electron chi connectivity index (χ0n) is 12.7. The van der Waals surface area contributed by atoms with E-state index in [2.05, 4.69) is 24.2 Å². The lowest BCUT2D eigenvalue weighted by molar-refractivity contribution is 0.112. The molecule has 2 rings (SSSR count). The first kappa shape index (κ1) is 14.3. The average molecular weight is 271 g/mol. The standard InChI is InChI=1S/C16H21N3O/c1-9(2)19-16(17)13(8-20)15(18-19)14-11(4)6-10(3)7-12(14)5/h6-9H,17H2,1-5H3. The molecular formula is C16H21N3O. The molecule has 0 aliphatic heterocycles. The van der Waals surface area contributed by atoms with Crippen molar-refractivity contribution in [3.8, 4) is 11.3 Å². The van der Waals surface area contributed by atoms with Crippen LogP contribution in [0.2, 0.25) is 0 Å². The van der Waals surface area contributed by atoms with Gasteiger partial charge in [0.05, 0.1) is 5.56 Å². The Labute approximate surface area is 119 Å². The summed E-state index contributed by atoms with van der Waals surface area (Å²) in [6.45, 7) is 10.1. The van der Waals surface area contributed by atoms with E-state index in [1.54, 1.807) is 4.68 Å². The second-order valence-electron chi connectivity index (χ2n) is 5.58. The zero-order chi connectivity index (χ0) is 15.0. The molecule has 0 bridgehead atoms. The zero-order valence-corrected chi connectivity index (χ0v) is 12.7. The van der Waals surface area contributed by atoms with E-state index in [9.17, 15) is 4.79 Å². The predicted molar refractivity (Wildman–Crippen MR) is 82.1 cm³/mol. The predicted octanol–water partition coefficient (Wildman–Crippen LogP) is 3.45. The molecular weight excluding hydrogens is 250 g/mol. The van der Waals surface area contributed by atoms with Gasteiger partial charge in [-0.3, -0.25) is 4.79 Å². The summed E-state index contributed by atoms with van der Waals surface area (Å²) in [5, 5.41) is 4.56. The Kier molecular flexibility index (Phi) is 3.66. The van der Waals surface area contributed by atoms with Gasteiger partial charge in [-0.25, -0.2) is 4.68 Å². The van der Waals surface area contributed by atoms with Gasteiger partial charge in [-0.1, -0.05) is 17.7 Å². The molecule has 4 nitrogen and oxygen atoms in total. The fourth-order valence-electron chi connectivity index (χ4n) is 2.71. The van der Waals surface area contributed by atoms with Crippen LogP contribution in [0.25, 0.3) is 11.3 Å². The number of hydrogen-bond donors (Lipinski definition) is 1. The number of aldehydes is 1. The van der Waals surface area contributed by atoms with Crippen LogP contribution in [0.4, 0.5) is 5.82 Å². The highest BCUT2D eigenvalue weighted by Gasteiger charge is 2.20. The van der Waals surface area contributed by atoms with Gasteiger partial charge in [0.1, 0.15) is 11.5 Å². The fraction of sp³-hybridized carbons (Fsp3) is 0.375. The minimum atomic E-state index is 0.119. The Hall–Kier alpha value is -2.10. The van der Waals surface area contributed by atoms with Crippen LogP contribution < -0.4 is 5.73 Å². The van der Waals surface area contributed by atoms with Gasteiger partial charge in [-0.15, -0.1) is 0 Å². The Balaban J connectivity index is 2.76. The molecule has 0 atom stereocenters. The summed E-state index contributed by atoms with van der Waals surface area (Å²) in [4.78, 5) is 11.4. The lowest BCUT2D eigenvalue weighted by Crippen LogP contribution is -2.07. The summed E-state index contributed by atoms with van der Waals surface area (Å²) in [7, 11) is 0. The molecule has 20 heavy (non-hydrogen) atoms. The first-order valence-corrected chi connectivity index (χ1v) is 6.78. The molecule has 0 saturated carbocycles. The van der Waals surface area contributed by atoms with E-state index < -0.39 is 0 Å². The van der Waals surface area contributed by atoms with E-state index in [1.807, 2.05) is 27.7 Å². The van der Waals surface area contributed by atoms with Gasteiger partial charge in [-0.2, -0.15) is 5.10 Å². The van der Waals surface area contributed by atoms with E-state index in [-0.39, 0.29) is 6.04 Å². The van der Waals surface area contributed by atoms with Crippen LogP contribution >= 0.6 is 0 Å². The number of hydrogen-bond acceptors (Lipinski definition) is 3. The molecule has 2 N–H and O–H groups in total. The molecule has 0 radical (unpaired) electrons. The Morgan fingerprint density at radius 1 is 1.20 bits per heavy atom. The molecule has 4 heteroatoms. The Morgan fingerprint density at radius 2 is 1.75 bits per heavy atom. The van der Waals surface area contributed by atoms with Crippen LogP contribution in [0.1, 0.15) is 46.9 Å². The maximum atomic E-state index is 11.4. The van der Waals surface area contributed by atoms with Crippen molar-refractivity contribution in [2.75, 3.05) is 5.73 Å². The van der Waals surface area contributed by atoms with Crippen molar-refractivity contribution >= 4 is 12.1 Å². The molecule has 0 amide bonds. The lowest BCUT2D eigenvalue weighted by atomic mass is 9.95. The van der Waals surface area contributed by atoms with Gasteiger partial charge >= 0.3 is 0 Å². The lowest BCUT2D eigenvalue weighted by Gasteiger charge is -2.10. The molecule has 1 heterocycles. The third-order valence-corrected chi connectivity index (χ3v) is 3.51. The Bertz CT molecular complexity index is 646. The smallest absolute Gasteiger partial charge is 0.156 e. The fourth-order valence-corrected chi connectivity index (χ4v) is 2.71. The number of carbonyl (C=O) groups excluding carboxylic acids is 1. The number of benzene rings is 1. The summed E-state index contributed by atoms with van der Waals surface area (Å²) < 4.78 is 1.71. The molecule has 0 saturated heterocycles. The van der Waals surface area contributed by atoms with Crippen LogP contribution in [-0.2, 0) is 0 Å². The van der Waals surface area contributed by atoms with Crippen LogP contribution in [0.3, 0.4) is 0 Å². The van der Waals surface area contributed by atoms with Crippen LogP contribution in [0.15, 0.2) is 12.1 Å². The summed E-state index contributed by atoms with van der Waals surface area (Å²) in [5.41, 5.74) is 11.6. The molecule has 0 fully saturated rings. The number of aromatic nitrogens is 2. The van der Waals surface area contributed by atoms with Gasteiger partial charge in [0.25, 0.3) is 0 Å². The largest absolute Gasteiger partial charge is 0.383 e. The van der Waals surface area contributed by atoms with Crippen LogP contribution in [0.5, 0.6) is 0 Å². The van der Waals surface area contributed by atoms with Gasteiger partial charge in [0.15, 0.2) is 6.29 Å². The monoisotopic (exact) mass is 271 g/mol. The van der Waals surface area contributed by atoms with Gasteiger partial charge in [-0.05, 0) is 45.7 Å². The topological polar surface area (TPSA) is 60.9 Å². The quantitative estimate of drug-likeness (QED) is 0.870. The number of nitrogens with two attached hydrogens (primary N) is 1. The first-order valence-electron chi connectivity index (χ1n) is 6.78. The number of rotatable bonds is 3. The molecule has 1 aromatic carbocycles. The van der Waals surface area contributed by atoms with E-state index in [0.29, 0.717) is 17.1 Å². The van der Waals surface area contributed by atoms with Gasteiger partial charge in [0, 0.05) is 11.6 Å². The number of aryl methyl sites for hydroxylation is 3. The summed E-state index contributed by atoms with van der Waals surface area (Å²) in [5.74, 6) is 0.435. The van der Waals surface area contributed by atoms with E-state index in [0.717, 1.165) is 23.0 Å². The molecule has 106 valence electrons. The minimum absolute atomic E-state index is 0.119. The van der Waals surface area contributed by atoms with Gasteiger partial charge in [0.2, 0.25) is 0 Å². The van der Waals surface area contributed by atoms with Crippen molar-refractivity contribution in [2.24, 2.45) is 0 Å². The van der Waals surface area contributed by atoms with E-state index in [1.165, 1.54) is 5.56 Å². The van der Waals surface area contributed by atoms with E-state index in [4.69, 9.17) is 5.73 Å². The number of nitrogens with zero attached hydrogens (tertiary/aromatic N) is 2. The summed E-state index contributed by atoms with van der Waals surface area (Å²) in [6.07, 6.45) is 0.801. The maximum Gasteiger partial charge on any atom is 0.156 e. The van der Waals surface area contributed by atoms with Gasteiger partial charge < -0.3 is 5.73 Å². The van der Waals surface area contributed by atoms with Crippen molar-refractivity contribution in [3.63, 3.8) is 0 Å². The van der Waals surface area contributed by atoms with Crippen molar-refractivity contribution in [3.05, 3.63) is 34.4 Å². The Morgan fingerprint density at radius 3 is 2.20 bits per heavy atom. The summed E-state index contributed by atoms with van der Waals surface area (Å²) >= 11 is 0. The highest BCUT2D eigenvalue weighted by Crippen LogP contribution is 2.33. The van der Waals surface area contributed by atoms with Crippen molar-refractivity contribution < 1.29 is 4.79 Å². The molecule has 0 aliphatic carbocycles. The van der Waals surface area contributed by atoms with Crippen molar-refractivity contribution in [1.29, 1.82) is 0 Å². The normalized spacial score (nSPS) is 11.1. The van der Waals surface area contributed by atoms with Crippen molar-refractivity contribution in [2.45, 2.75) is 40.7 Å².